The van der Waals surface area contributed by atoms with Gasteiger partial charge in [0.1, 0.15) is 0 Å². The van der Waals surface area contributed by atoms with E-state index in [9.17, 15) is 0 Å². The largest absolute Gasteiger partial charge is 0.662 e. The standard InChI is InChI=1S/C29H52N2P.C5H10N.CH3.Pd/c1-23(2)27-16-11-17-28(24(3)4)29(27)31-19-18-30(22-31)20-21-32(25-12-7-5-8-13-25)26-14-9-6-10-15-26;1-2-4-6-5-3-1;;/h18-19,22-29H,5-17,20-21H2,1-4H3;1-5H2;1H3;/q3*-1;/p+1. The molecular weight excluding hydrogens is 600 g/mol. The van der Waals surface area contributed by atoms with Crippen molar-refractivity contribution in [2.75, 3.05) is 25.8 Å². The topological polar surface area (TPSA) is 20.6 Å². The zero-order valence-corrected chi connectivity index (χ0v) is 29.6. The van der Waals surface area contributed by atoms with E-state index in [-0.39, 0.29) is 35.8 Å². The summed E-state index contributed by atoms with van der Waals surface area (Å²) in [6.45, 7) is 15.9. The Hall–Kier alpha value is 0.392. The normalized spacial score (nSPS) is 28.3. The van der Waals surface area contributed by atoms with Crippen molar-refractivity contribution in [2.24, 2.45) is 23.7 Å². The monoisotopic (exact) mass is 665 g/mol. The molecule has 0 bridgehead atoms. The van der Waals surface area contributed by atoms with Crippen molar-refractivity contribution in [2.45, 2.75) is 148 Å². The summed E-state index contributed by atoms with van der Waals surface area (Å²) in [5.41, 5.74) is 2.24. The minimum atomic E-state index is -0.236. The van der Waals surface area contributed by atoms with Crippen LogP contribution in [0.15, 0.2) is 12.4 Å². The second kappa shape index (κ2) is 19.6. The van der Waals surface area contributed by atoms with Crippen molar-refractivity contribution in [1.29, 1.82) is 0 Å². The molecule has 2 aliphatic heterocycles. The molecule has 40 heavy (non-hydrogen) atoms. The Morgan fingerprint density at radius 2 is 1.20 bits per heavy atom. The predicted octanol–water partition coefficient (Wildman–Crippen LogP) is 10.2. The summed E-state index contributed by atoms with van der Waals surface area (Å²) in [4.78, 5) is 5.24. The van der Waals surface area contributed by atoms with Gasteiger partial charge in [-0.3, -0.25) is 0 Å². The summed E-state index contributed by atoms with van der Waals surface area (Å²) in [6, 6.07) is 0.700. The molecule has 2 heterocycles. The summed E-state index contributed by atoms with van der Waals surface area (Å²) in [7, 11) is -0.236. The van der Waals surface area contributed by atoms with E-state index in [1.165, 1.54) is 89.8 Å². The minimum absolute atomic E-state index is 0. The number of rotatable bonds is 8. The second-order valence-electron chi connectivity index (χ2n) is 14.1. The van der Waals surface area contributed by atoms with Crippen molar-refractivity contribution in [3.8, 4) is 0 Å². The van der Waals surface area contributed by atoms with Crippen LogP contribution in [-0.2, 0) is 20.4 Å². The average molecular weight is 666 g/mol. The maximum atomic E-state index is 4.18. The second-order valence-corrected chi connectivity index (χ2v) is 17.3. The molecule has 3 aliphatic carbocycles. The van der Waals surface area contributed by atoms with Crippen molar-refractivity contribution < 1.29 is 20.4 Å². The molecule has 0 aromatic heterocycles. The number of hydrogen-bond donors (Lipinski definition) is 0. The molecule has 5 heteroatoms. The van der Waals surface area contributed by atoms with Crippen LogP contribution in [0.1, 0.15) is 130 Å². The van der Waals surface area contributed by atoms with Gasteiger partial charge < -0.3 is 22.5 Å². The SMILES string of the molecule is C1CC[N-]CC1.CC(C)C1CCCC(C(C)C)C1N1C=CN(CC[PH+](C2CCCCC2)C2CCCCC2)[CH-]1.[CH3-].[Pd]. The summed E-state index contributed by atoms with van der Waals surface area (Å²) in [5, 5.41) is 4.18. The minimum Gasteiger partial charge on any atom is -0.662 e. The van der Waals surface area contributed by atoms with Crippen LogP contribution in [0, 0.1) is 37.8 Å². The first-order valence-corrected chi connectivity index (χ1v) is 19.0. The molecule has 0 N–H and O–H groups in total. The van der Waals surface area contributed by atoms with Gasteiger partial charge in [0.2, 0.25) is 0 Å². The van der Waals surface area contributed by atoms with Crippen LogP contribution in [0.4, 0.5) is 0 Å². The van der Waals surface area contributed by atoms with E-state index < -0.39 is 0 Å². The molecule has 0 aromatic carbocycles. The van der Waals surface area contributed by atoms with E-state index in [0.29, 0.717) is 6.04 Å². The molecule has 3 nitrogen and oxygen atoms in total. The molecule has 2 unspecified atom stereocenters. The van der Waals surface area contributed by atoms with Gasteiger partial charge in [-0.1, -0.05) is 66.2 Å². The quantitative estimate of drug-likeness (QED) is 0.146. The fourth-order valence-corrected chi connectivity index (χ4v) is 12.8. The number of piperidine rings is 1. The Kier molecular flexibility index (Phi) is 17.9. The predicted molar refractivity (Wildman–Crippen MR) is 177 cm³/mol. The van der Waals surface area contributed by atoms with E-state index in [1.54, 1.807) is 25.7 Å². The summed E-state index contributed by atoms with van der Waals surface area (Å²) in [6.07, 6.45) is 30.0. The molecule has 5 aliphatic rings. The van der Waals surface area contributed by atoms with Gasteiger partial charge in [-0.25, -0.2) is 0 Å². The van der Waals surface area contributed by atoms with Crippen LogP contribution < -0.4 is 0 Å². The molecule has 0 radical (unpaired) electrons. The van der Waals surface area contributed by atoms with Crippen molar-refractivity contribution in [1.82, 2.24) is 9.80 Å². The first kappa shape index (κ1) is 36.6. The molecule has 1 saturated heterocycles. The molecular formula is C35H66N3PPd-2. The maximum absolute atomic E-state index is 4.18. The van der Waals surface area contributed by atoms with Gasteiger partial charge in [0, 0.05) is 40.9 Å². The number of nitrogens with zero attached hydrogens (tertiary/aromatic N) is 3. The molecule has 238 valence electrons. The Balaban J connectivity index is 0.000000622. The van der Waals surface area contributed by atoms with Gasteiger partial charge in [-0.15, -0.1) is 13.1 Å². The van der Waals surface area contributed by atoms with Crippen LogP contribution in [0.2, 0.25) is 0 Å². The zero-order chi connectivity index (χ0) is 26.7. The Morgan fingerprint density at radius 1 is 0.700 bits per heavy atom. The Labute approximate surface area is 266 Å². The fraction of sp³-hybridized carbons (Fsp3) is 0.886. The Bertz CT molecular complexity index is 624. The van der Waals surface area contributed by atoms with Crippen LogP contribution in [0.5, 0.6) is 0 Å². The molecule has 0 amide bonds. The van der Waals surface area contributed by atoms with E-state index in [1.807, 2.05) is 0 Å². The van der Waals surface area contributed by atoms with Gasteiger partial charge in [-0.05, 0) is 100 Å². The van der Waals surface area contributed by atoms with Gasteiger partial charge in [-0.2, -0.15) is 6.67 Å². The van der Waals surface area contributed by atoms with E-state index >= 15 is 0 Å². The Morgan fingerprint density at radius 3 is 1.62 bits per heavy atom. The van der Waals surface area contributed by atoms with Gasteiger partial charge in [0.25, 0.3) is 0 Å². The van der Waals surface area contributed by atoms with Gasteiger partial charge >= 0.3 is 0 Å². The zero-order valence-electron chi connectivity index (χ0n) is 27.1. The molecule has 5 rings (SSSR count). The maximum Gasteiger partial charge on any atom is 0.0727 e. The van der Waals surface area contributed by atoms with Crippen LogP contribution in [-0.4, -0.2) is 53.0 Å². The molecule has 3 saturated carbocycles. The summed E-state index contributed by atoms with van der Waals surface area (Å²) in [5.74, 6) is 3.23. The van der Waals surface area contributed by atoms with E-state index in [4.69, 9.17) is 0 Å². The first-order chi connectivity index (χ1) is 18.5. The average Bonchev–Trinajstić information content (AvgIpc) is 3.44. The molecule has 2 atom stereocenters. The molecule has 0 aromatic rings. The van der Waals surface area contributed by atoms with Crippen LogP contribution in [0.3, 0.4) is 0 Å². The molecule has 4 fully saturated rings. The van der Waals surface area contributed by atoms with Crippen molar-refractivity contribution in [3.05, 3.63) is 31.8 Å². The summed E-state index contributed by atoms with van der Waals surface area (Å²) < 4.78 is 0. The summed E-state index contributed by atoms with van der Waals surface area (Å²) >= 11 is 0. The number of hydrogen-bond acceptors (Lipinski definition) is 2. The smallest absolute Gasteiger partial charge is 0.0727 e. The third-order valence-electron chi connectivity index (χ3n) is 10.8. The van der Waals surface area contributed by atoms with Crippen molar-refractivity contribution >= 4 is 7.92 Å². The third kappa shape index (κ3) is 10.8. The van der Waals surface area contributed by atoms with Gasteiger partial charge in [0.15, 0.2) is 0 Å². The molecule has 0 spiro atoms. The first-order valence-electron chi connectivity index (χ1n) is 17.1. The van der Waals surface area contributed by atoms with Gasteiger partial charge in [0.05, 0.1) is 17.5 Å². The van der Waals surface area contributed by atoms with Crippen molar-refractivity contribution in [3.63, 3.8) is 0 Å². The van der Waals surface area contributed by atoms with E-state index in [0.717, 1.165) is 48.1 Å². The third-order valence-corrected chi connectivity index (χ3v) is 14.8. The van der Waals surface area contributed by atoms with Crippen LogP contribution in [0.25, 0.3) is 5.32 Å². The van der Waals surface area contributed by atoms with E-state index in [2.05, 4.69) is 61.9 Å². The fourth-order valence-electron chi connectivity index (χ4n) is 8.55. The van der Waals surface area contributed by atoms with Crippen LogP contribution >= 0.6 is 7.92 Å².